The number of aliphatic hydroxyl groups excluding tert-OH is 2. The summed E-state index contributed by atoms with van der Waals surface area (Å²) in [6.45, 7) is 3.47. The maximum atomic E-state index is 9.37. The molecule has 2 rings (SSSR count). The van der Waals surface area contributed by atoms with E-state index in [0.717, 1.165) is 37.4 Å². The van der Waals surface area contributed by atoms with Crippen molar-refractivity contribution in [1.29, 1.82) is 0 Å². The van der Waals surface area contributed by atoms with Gasteiger partial charge >= 0.3 is 0 Å². The van der Waals surface area contributed by atoms with E-state index in [2.05, 4.69) is 11.9 Å². The van der Waals surface area contributed by atoms with Crippen molar-refractivity contribution in [2.45, 2.75) is 38.5 Å². The minimum absolute atomic E-state index is 0.0445. The molecule has 1 fully saturated rings. The first-order valence-corrected chi connectivity index (χ1v) is 9.58. The largest absolute Gasteiger partial charge is 0.395 e. The Morgan fingerprint density at radius 2 is 1.37 bits per heavy atom. The van der Waals surface area contributed by atoms with Crippen LogP contribution in [0.1, 0.15) is 44.3 Å². The summed E-state index contributed by atoms with van der Waals surface area (Å²) in [6.07, 6.45) is 4.44. The van der Waals surface area contributed by atoms with Crippen molar-refractivity contribution in [3.63, 3.8) is 0 Å². The third-order valence-electron chi connectivity index (χ3n) is 4.89. The van der Waals surface area contributed by atoms with E-state index in [-0.39, 0.29) is 13.2 Å². The van der Waals surface area contributed by atoms with Crippen LogP contribution in [0.3, 0.4) is 0 Å². The van der Waals surface area contributed by atoms with E-state index in [9.17, 15) is 10.2 Å². The smallest absolute Gasteiger partial charge is 0.234 e. The molecule has 2 N–H and O–H groups in total. The summed E-state index contributed by atoms with van der Waals surface area (Å²) in [5, 5.41) is 18.7. The molecule has 1 aromatic rings. The molecule has 1 heterocycles. The Kier molecular flexibility index (Phi) is 9.12. The summed E-state index contributed by atoms with van der Waals surface area (Å²) < 4.78 is 10.5. The van der Waals surface area contributed by atoms with Crippen LogP contribution in [-0.4, -0.2) is 79.1 Å². The van der Waals surface area contributed by atoms with Crippen LogP contribution in [0.2, 0.25) is 0 Å². The Morgan fingerprint density at radius 3 is 1.85 bits per heavy atom. The van der Waals surface area contributed by atoms with E-state index in [0.29, 0.717) is 44.4 Å². The summed E-state index contributed by atoms with van der Waals surface area (Å²) in [7, 11) is 3.22. The fraction of sp³-hybridized carbons (Fsp3) is 0.833. The highest BCUT2D eigenvalue weighted by atomic mass is 16.5. The van der Waals surface area contributed by atoms with Gasteiger partial charge in [0.05, 0.1) is 13.2 Å². The molecule has 0 aliphatic heterocycles. The van der Waals surface area contributed by atoms with Crippen molar-refractivity contribution in [1.82, 2.24) is 15.0 Å². The molecule has 0 radical (unpaired) electrons. The number of anilines is 2. The van der Waals surface area contributed by atoms with Gasteiger partial charge in [0, 0.05) is 33.2 Å². The molecule has 0 saturated heterocycles. The van der Waals surface area contributed by atoms with Gasteiger partial charge in [0.1, 0.15) is 19.3 Å². The van der Waals surface area contributed by atoms with Gasteiger partial charge in [0.2, 0.25) is 11.9 Å². The van der Waals surface area contributed by atoms with Crippen molar-refractivity contribution in [3.8, 4) is 0 Å². The number of hydrogen-bond acceptors (Lipinski definition) is 9. The fourth-order valence-corrected chi connectivity index (χ4v) is 3.37. The van der Waals surface area contributed by atoms with Gasteiger partial charge < -0.3 is 24.6 Å². The summed E-state index contributed by atoms with van der Waals surface area (Å²) >= 11 is 0. The lowest BCUT2D eigenvalue weighted by Gasteiger charge is -2.28. The average Bonchev–Trinajstić information content (AvgIpc) is 2.68. The number of aromatic nitrogens is 3. The predicted octanol–water partition coefficient (Wildman–Crippen LogP) is 0.971. The van der Waals surface area contributed by atoms with Crippen molar-refractivity contribution >= 4 is 11.9 Å². The van der Waals surface area contributed by atoms with Gasteiger partial charge in [-0.3, -0.25) is 4.90 Å². The molecule has 9 nitrogen and oxygen atoms in total. The topological polar surface area (TPSA) is 104 Å². The van der Waals surface area contributed by atoms with Gasteiger partial charge in [-0.15, -0.1) is 0 Å². The van der Waals surface area contributed by atoms with Crippen LogP contribution in [0.4, 0.5) is 11.9 Å². The fourth-order valence-electron chi connectivity index (χ4n) is 3.37. The molecule has 0 aromatic carbocycles. The molecule has 0 amide bonds. The Morgan fingerprint density at radius 1 is 0.852 bits per heavy atom. The van der Waals surface area contributed by atoms with E-state index in [4.69, 9.17) is 19.4 Å². The van der Waals surface area contributed by atoms with E-state index in [1.54, 1.807) is 24.0 Å². The maximum absolute atomic E-state index is 9.37. The van der Waals surface area contributed by atoms with Gasteiger partial charge in [0.15, 0.2) is 0 Å². The average molecular weight is 383 g/mol. The van der Waals surface area contributed by atoms with E-state index >= 15 is 0 Å². The molecule has 154 valence electrons. The Balaban J connectivity index is 2.38. The second-order valence-electron chi connectivity index (χ2n) is 7.06. The van der Waals surface area contributed by atoms with Crippen LogP contribution in [0.25, 0.3) is 0 Å². The van der Waals surface area contributed by atoms with Gasteiger partial charge in [0.25, 0.3) is 0 Å². The molecular weight excluding hydrogens is 350 g/mol. The molecule has 1 saturated carbocycles. The highest BCUT2D eigenvalue weighted by Gasteiger charge is 2.25. The zero-order valence-corrected chi connectivity index (χ0v) is 16.7. The number of methoxy groups -OCH3 is 2. The highest BCUT2D eigenvalue weighted by molar-refractivity contribution is 5.39. The molecule has 1 aliphatic carbocycles. The second-order valence-corrected chi connectivity index (χ2v) is 7.06. The molecule has 1 aromatic heterocycles. The lowest BCUT2D eigenvalue weighted by molar-refractivity contribution is 0.138. The number of nitrogens with zero attached hydrogens (tertiary/aromatic N) is 5. The normalized spacial score (nSPS) is 19.9. The monoisotopic (exact) mass is 383 g/mol. The van der Waals surface area contributed by atoms with Crippen LogP contribution in [0.15, 0.2) is 0 Å². The van der Waals surface area contributed by atoms with Gasteiger partial charge in [-0.05, 0) is 18.8 Å². The third kappa shape index (κ3) is 6.24. The molecule has 0 bridgehead atoms. The van der Waals surface area contributed by atoms with E-state index in [1.807, 2.05) is 0 Å². The second kappa shape index (κ2) is 11.3. The Labute approximate surface area is 161 Å². The van der Waals surface area contributed by atoms with E-state index in [1.165, 1.54) is 0 Å². The van der Waals surface area contributed by atoms with Crippen LogP contribution < -0.4 is 9.80 Å². The first-order valence-electron chi connectivity index (χ1n) is 9.58. The molecule has 9 heteroatoms. The molecule has 0 unspecified atom stereocenters. The minimum atomic E-state index is -0.0445. The summed E-state index contributed by atoms with van der Waals surface area (Å²) in [4.78, 5) is 17.5. The molecule has 0 spiro atoms. The summed E-state index contributed by atoms with van der Waals surface area (Å²) in [6, 6.07) is 0. The van der Waals surface area contributed by atoms with Gasteiger partial charge in [-0.1, -0.05) is 19.8 Å². The first-order chi connectivity index (χ1) is 13.1. The summed E-state index contributed by atoms with van der Waals surface area (Å²) in [5.74, 6) is 2.74. The SMILES string of the molecule is COCN(COC)c1nc(C2CCC(C)CC2)nc(N(CCO)CCO)n1. The number of ether oxygens (including phenoxy) is 2. The van der Waals surface area contributed by atoms with Crippen molar-refractivity contribution in [2.75, 3.05) is 63.8 Å². The van der Waals surface area contributed by atoms with Gasteiger partial charge in [-0.25, -0.2) is 0 Å². The zero-order chi connectivity index (χ0) is 19.6. The molecule has 0 atom stereocenters. The lowest BCUT2D eigenvalue weighted by Crippen LogP contribution is -2.34. The lowest BCUT2D eigenvalue weighted by atomic mass is 9.82. The zero-order valence-electron chi connectivity index (χ0n) is 16.7. The van der Waals surface area contributed by atoms with Crippen molar-refractivity contribution in [2.24, 2.45) is 5.92 Å². The first kappa shape index (κ1) is 21.7. The molecule has 1 aliphatic rings. The standard InChI is InChI=1S/C18H33N5O4/c1-14-4-6-15(7-5-14)16-19-17(22(8-10-24)9-11-25)21-18(20-16)23(12-26-2)13-27-3/h14-15,24-25H,4-13H2,1-3H3. The van der Waals surface area contributed by atoms with Crippen LogP contribution in [-0.2, 0) is 9.47 Å². The minimum Gasteiger partial charge on any atom is -0.395 e. The Bertz CT molecular complexity index is 508. The predicted molar refractivity (Wildman–Crippen MR) is 103 cm³/mol. The van der Waals surface area contributed by atoms with Crippen LogP contribution >= 0.6 is 0 Å². The maximum Gasteiger partial charge on any atom is 0.234 e. The van der Waals surface area contributed by atoms with Crippen LogP contribution in [0, 0.1) is 5.92 Å². The number of aliphatic hydroxyl groups is 2. The molecular formula is C18H33N5O4. The summed E-state index contributed by atoms with van der Waals surface area (Å²) in [5.41, 5.74) is 0. The van der Waals surface area contributed by atoms with Crippen molar-refractivity contribution < 1.29 is 19.7 Å². The quantitative estimate of drug-likeness (QED) is 0.541. The third-order valence-corrected chi connectivity index (χ3v) is 4.89. The van der Waals surface area contributed by atoms with Crippen molar-refractivity contribution in [3.05, 3.63) is 5.82 Å². The number of hydrogen-bond donors (Lipinski definition) is 2. The highest BCUT2D eigenvalue weighted by Crippen LogP contribution is 2.34. The number of rotatable bonds is 11. The Hall–Kier alpha value is -1.55. The van der Waals surface area contributed by atoms with Gasteiger partial charge in [-0.2, -0.15) is 15.0 Å². The molecule has 27 heavy (non-hydrogen) atoms. The van der Waals surface area contributed by atoms with Crippen LogP contribution in [0.5, 0.6) is 0 Å². The van der Waals surface area contributed by atoms with E-state index < -0.39 is 0 Å².